The summed E-state index contributed by atoms with van der Waals surface area (Å²) in [6, 6.07) is 16.5. The van der Waals surface area contributed by atoms with Crippen molar-refractivity contribution in [2.75, 3.05) is 6.61 Å². The average Bonchev–Trinajstić information content (AvgIpc) is 2.67. The standard InChI is InChI=1S/C20H23N3O3/c1-3-12-26-18-11-7-8-16(13-18)14-21-23-20(25)19(24)22-15(2)17-9-5-4-6-10-17/h4-11,13-15H,3,12H2,1-2H3,(H,22,24)(H,23,25)/b21-14-/t15-/m1/s1. The van der Waals surface area contributed by atoms with Crippen LogP contribution in [0.25, 0.3) is 0 Å². The van der Waals surface area contributed by atoms with Crippen LogP contribution in [0.4, 0.5) is 0 Å². The normalized spacial score (nSPS) is 11.8. The zero-order valence-electron chi connectivity index (χ0n) is 14.9. The number of hydrazone groups is 1. The Balaban J connectivity index is 1.85. The predicted octanol–water partition coefficient (Wildman–Crippen LogP) is 2.80. The number of carbonyl (C=O) groups excluding carboxylic acids is 2. The first-order valence-corrected chi connectivity index (χ1v) is 8.52. The van der Waals surface area contributed by atoms with Gasteiger partial charge in [0.15, 0.2) is 0 Å². The zero-order chi connectivity index (χ0) is 18.8. The molecule has 0 aliphatic heterocycles. The summed E-state index contributed by atoms with van der Waals surface area (Å²) in [7, 11) is 0. The summed E-state index contributed by atoms with van der Waals surface area (Å²) >= 11 is 0. The molecule has 0 heterocycles. The Bertz CT molecular complexity index is 760. The minimum absolute atomic E-state index is 0.272. The molecule has 0 aliphatic rings. The van der Waals surface area contributed by atoms with Gasteiger partial charge in [0, 0.05) is 0 Å². The molecule has 6 heteroatoms. The Hall–Kier alpha value is -3.15. The Morgan fingerprint density at radius 3 is 2.62 bits per heavy atom. The van der Waals surface area contributed by atoms with Crippen LogP contribution < -0.4 is 15.5 Å². The summed E-state index contributed by atoms with van der Waals surface area (Å²) < 4.78 is 5.53. The van der Waals surface area contributed by atoms with E-state index >= 15 is 0 Å². The number of rotatable bonds is 7. The van der Waals surface area contributed by atoms with Crippen molar-refractivity contribution in [3.63, 3.8) is 0 Å². The molecule has 0 spiro atoms. The third-order valence-electron chi connectivity index (χ3n) is 3.56. The lowest BCUT2D eigenvalue weighted by Crippen LogP contribution is -2.39. The molecule has 0 saturated heterocycles. The molecule has 0 aliphatic carbocycles. The maximum absolute atomic E-state index is 11.9. The maximum atomic E-state index is 11.9. The molecule has 0 unspecified atom stereocenters. The zero-order valence-corrected chi connectivity index (χ0v) is 14.9. The van der Waals surface area contributed by atoms with Gasteiger partial charge in [-0.3, -0.25) is 9.59 Å². The monoisotopic (exact) mass is 353 g/mol. The van der Waals surface area contributed by atoms with Gasteiger partial charge in [-0.15, -0.1) is 0 Å². The fraction of sp³-hybridized carbons (Fsp3) is 0.250. The summed E-state index contributed by atoms with van der Waals surface area (Å²) in [4.78, 5) is 23.8. The number of ether oxygens (including phenoxy) is 1. The Morgan fingerprint density at radius 1 is 1.12 bits per heavy atom. The van der Waals surface area contributed by atoms with Gasteiger partial charge >= 0.3 is 11.8 Å². The molecule has 2 N–H and O–H groups in total. The largest absolute Gasteiger partial charge is 0.494 e. The Kier molecular flexibility index (Phi) is 7.36. The fourth-order valence-corrected chi connectivity index (χ4v) is 2.21. The third kappa shape index (κ3) is 6.05. The van der Waals surface area contributed by atoms with E-state index in [0.717, 1.165) is 23.3 Å². The highest BCUT2D eigenvalue weighted by atomic mass is 16.5. The van der Waals surface area contributed by atoms with E-state index in [9.17, 15) is 9.59 Å². The van der Waals surface area contributed by atoms with Crippen LogP contribution in [-0.2, 0) is 9.59 Å². The summed E-state index contributed by atoms with van der Waals surface area (Å²) in [5.74, 6) is -0.822. The van der Waals surface area contributed by atoms with Crippen LogP contribution in [0.2, 0.25) is 0 Å². The fourth-order valence-electron chi connectivity index (χ4n) is 2.21. The van der Waals surface area contributed by atoms with Gasteiger partial charge in [-0.25, -0.2) is 5.43 Å². The van der Waals surface area contributed by atoms with Crippen LogP contribution in [0.15, 0.2) is 59.7 Å². The molecule has 0 radical (unpaired) electrons. The van der Waals surface area contributed by atoms with Gasteiger partial charge in [-0.2, -0.15) is 5.10 Å². The lowest BCUT2D eigenvalue weighted by molar-refractivity contribution is -0.139. The lowest BCUT2D eigenvalue weighted by atomic mass is 10.1. The summed E-state index contributed by atoms with van der Waals surface area (Å²) in [5, 5.41) is 6.46. The van der Waals surface area contributed by atoms with Crippen LogP contribution in [0, 0.1) is 0 Å². The number of nitrogens with one attached hydrogen (secondary N) is 2. The highest BCUT2D eigenvalue weighted by Gasteiger charge is 2.16. The first kappa shape index (κ1) is 19.2. The molecule has 2 aromatic rings. The molecule has 0 fully saturated rings. The Morgan fingerprint density at radius 2 is 1.88 bits per heavy atom. The van der Waals surface area contributed by atoms with Crippen LogP contribution in [0.5, 0.6) is 5.75 Å². The molecule has 2 amide bonds. The molecule has 1 atom stereocenters. The van der Waals surface area contributed by atoms with Crippen molar-refractivity contribution in [2.45, 2.75) is 26.3 Å². The van der Waals surface area contributed by atoms with E-state index in [-0.39, 0.29) is 6.04 Å². The van der Waals surface area contributed by atoms with E-state index in [4.69, 9.17) is 4.74 Å². The van der Waals surface area contributed by atoms with Crippen LogP contribution in [-0.4, -0.2) is 24.6 Å². The van der Waals surface area contributed by atoms with E-state index in [1.54, 1.807) is 0 Å². The van der Waals surface area contributed by atoms with Crippen molar-refractivity contribution in [3.8, 4) is 5.75 Å². The van der Waals surface area contributed by atoms with E-state index in [2.05, 4.69) is 15.8 Å². The van der Waals surface area contributed by atoms with Crippen LogP contribution in [0.1, 0.15) is 37.4 Å². The molecule has 136 valence electrons. The van der Waals surface area contributed by atoms with Gasteiger partial charge in [-0.05, 0) is 36.6 Å². The van der Waals surface area contributed by atoms with Gasteiger partial charge < -0.3 is 10.1 Å². The minimum Gasteiger partial charge on any atom is -0.494 e. The number of nitrogens with zero attached hydrogens (tertiary/aromatic N) is 1. The first-order valence-electron chi connectivity index (χ1n) is 8.52. The van der Waals surface area contributed by atoms with E-state index in [0.29, 0.717) is 6.61 Å². The predicted molar refractivity (Wildman–Crippen MR) is 101 cm³/mol. The highest BCUT2D eigenvalue weighted by Crippen LogP contribution is 2.12. The molecule has 0 saturated carbocycles. The van der Waals surface area contributed by atoms with E-state index in [1.165, 1.54) is 6.21 Å². The van der Waals surface area contributed by atoms with Gasteiger partial charge in [0.2, 0.25) is 0 Å². The molecular weight excluding hydrogens is 330 g/mol. The van der Waals surface area contributed by atoms with Gasteiger partial charge in [0.25, 0.3) is 0 Å². The maximum Gasteiger partial charge on any atom is 0.329 e. The van der Waals surface area contributed by atoms with Crippen LogP contribution >= 0.6 is 0 Å². The summed E-state index contributed by atoms with van der Waals surface area (Å²) in [6.45, 7) is 4.48. The second-order valence-corrected chi connectivity index (χ2v) is 5.73. The second kappa shape index (κ2) is 9.98. The molecule has 0 aromatic heterocycles. The van der Waals surface area contributed by atoms with Crippen molar-refractivity contribution in [3.05, 3.63) is 65.7 Å². The summed E-state index contributed by atoms with van der Waals surface area (Å²) in [6.07, 6.45) is 2.38. The van der Waals surface area contributed by atoms with Gasteiger partial charge in [0.05, 0.1) is 18.9 Å². The van der Waals surface area contributed by atoms with Crippen molar-refractivity contribution < 1.29 is 14.3 Å². The molecule has 6 nitrogen and oxygen atoms in total. The quantitative estimate of drug-likeness (QED) is 0.456. The van der Waals surface area contributed by atoms with Crippen molar-refractivity contribution in [2.24, 2.45) is 5.10 Å². The second-order valence-electron chi connectivity index (χ2n) is 5.73. The first-order chi connectivity index (χ1) is 12.6. The molecule has 26 heavy (non-hydrogen) atoms. The van der Waals surface area contributed by atoms with Crippen LogP contribution in [0.3, 0.4) is 0 Å². The van der Waals surface area contributed by atoms with Crippen molar-refractivity contribution in [1.82, 2.24) is 10.7 Å². The molecular formula is C20H23N3O3. The number of benzene rings is 2. The molecule has 0 bridgehead atoms. The number of hydrogen-bond donors (Lipinski definition) is 2. The molecule has 2 aromatic carbocycles. The van der Waals surface area contributed by atoms with Gasteiger partial charge in [-0.1, -0.05) is 49.4 Å². The van der Waals surface area contributed by atoms with E-state index < -0.39 is 11.8 Å². The number of amides is 2. The topological polar surface area (TPSA) is 79.8 Å². The number of hydrogen-bond acceptors (Lipinski definition) is 4. The third-order valence-corrected chi connectivity index (χ3v) is 3.56. The van der Waals surface area contributed by atoms with Gasteiger partial charge in [0.1, 0.15) is 5.75 Å². The van der Waals surface area contributed by atoms with Crippen molar-refractivity contribution >= 4 is 18.0 Å². The smallest absolute Gasteiger partial charge is 0.329 e. The average molecular weight is 353 g/mol. The summed E-state index contributed by atoms with van der Waals surface area (Å²) in [5.41, 5.74) is 3.91. The number of carbonyl (C=O) groups is 2. The molecule has 2 rings (SSSR count). The SMILES string of the molecule is CCCOc1cccc(/C=N\NC(=O)C(=O)N[C@H](C)c2ccccc2)c1. The minimum atomic E-state index is -0.817. The lowest BCUT2D eigenvalue weighted by Gasteiger charge is -2.13. The highest BCUT2D eigenvalue weighted by molar-refractivity contribution is 6.35. The van der Waals surface area contributed by atoms with Crippen molar-refractivity contribution in [1.29, 1.82) is 0 Å². The Labute approximate surface area is 153 Å². The van der Waals surface area contributed by atoms with E-state index in [1.807, 2.05) is 68.4 Å².